The largest absolute Gasteiger partial charge is 0.504 e. The van der Waals surface area contributed by atoms with Crippen LogP contribution in [-0.4, -0.2) is 34.1 Å². The first-order valence-corrected chi connectivity index (χ1v) is 7.02. The topological polar surface area (TPSA) is 132 Å². The van der Waals surface area contributed by atoms with Crippen molar-refractivity contribution in [1.82, 2.24) is 0 Å². The molecule has 7 nitrogen and oxygen atoms in total. The molecule has 0 heterocycles. The summed E-state index contributed by atoms with van der Waals surface area (Å²) < 4.78 is 31.2. The van der Waals surface area contributed by atoms with Crippen LogP contribution >= 0.6 is 0 Å². The van der Waals surface area contributed by atoms with Crippen LogP contribution in [-0.2, 0) is 10.1 Å². The lowest BCUT2D eigenvalue weighted by Gasteiger charge is -2.10. The van der Waals surface area contributed by atoms with Crippen LogP contribution in [0.3, 0.4) is 0 Å². The van der Waals surface area contributed by atoms with Crippen LogP contribution in [0.25, 0.3) is 0 Å². The highest BCUT2D eigenvalue weighted by Crippen LogP contribution is 2.42. The lowest BCUT2D eigenvalue weighted by atomic mass is 10.0. The number of ketones is 1. The van der Waals surface area contributed by atoms with E-state index in [0.29, 0.717) is 6.07 Å². The predicted molar refractivity (Wildman–Crippen MR) is 71.1 cm³/mol. The van der Waals surface area contributed by atoms with Gasteiger partial charge in [0.2, 0.25) is 5.75 Å². The van der Waals surface area contributed by atoms with Crippen molar-refractivity contribution in [1.29, 1.82) is 0 Å². The molecule has 2 rings (SSSR count). The Labute approximate surface area is 119 Å². The van der Waals surface area contributed by atoms with E-state index in [-0.39, 0.29) is 5.56 Å². The summed E-state index contributed by atoms with van der Waals surface area (Å²) >= 11 is 0. The van der Waals surface area contributed by atoms with Crippen molar-refractivity contribution in [2.75, 3.05) is 0 Å². The van der Waals surface area contributed by atoms with E-state index in [2.05, 4.69) is 0 Å². The summed E-state index contributed by atoms with van der Waals surface area (Å²) in [4.78, 5) is 11.1. The second-order valence-corrected chi connectivity index (χ2v) is 5.53. The van der Waals surface area contributed by atoms with Gasteiger partial charge in [0.1, 0.15) is 4.90 Å². The minimum Gasteiger partial charge on any atom is -0.504 e. The number of rotatable bonds is 3. The molecule has 0 aliphatic heterocycles. The molecular weight excluding hydrogens is 300 g/mol. The number of carbonyl (C=O) groups excluding carboxylic acids is 1. The van der Waals surface area contributed by atoms with Crippen LogP contribution in [0.15, 0.2) is 41.3 Å². The van der Waals surface area contributed by atoms with E-state index >= 15 is 0 Å². The number of hydrogen-bond donors (Lipinski definition) is 4. The summed E-state index contributed by atoms with van der Waals surface area (Å²) in [7, 11) is -4.88. The van der Waals surface area contributed by atoms with E-state index in [1.807, 2.05) is 0 Å². The molecule has 0 aliphatic rings. The molecule has 2 aromatic rings. The Morgan fingerprint density at radius 1 is 0.905 bits per heavy atom. The van der Waals surface area contributed by atoms with Gasteiger partial charge < -0.3 is 15.3 Å². The van der Waals surface area contributed by atoms with Gasteiger partial charge in [0.15, 0.2) is 17.3 Å². The number of aromatic hydroxyl groups is 3. The Kier molecular flexibility index (Phi) is 3.58. The summed E-state index contributed by atoms with van der Waals surface area (Å²) in [5.74, 6) is -4.20. The molecule has 0 atom stereocenters. The quantitative estimate of drug-likeness (QED) is 0.381. The van der Waals surface area contributed by atoms with Gasteiger partial charge in [-0.1, -0.05) is 30.3 Å². The molecule has 0 radical (unpaired) electrons. The third kappa shape index (κ3) is 2.67. The minimum absolute atomic E-state index is 0.124. The smallest absolute Gasteiger partial charge is 0.298 e. The van der Waals surface area contributed by atoms with E-state index in [0.717, 1.165) is 0 Å². The van der Waals surface area contributed by atoms with Crippen LogP contribution in [0.5, 0.6) is 17.2 Å². The van der Waals surface area contributed by atoms with Crippen molar-refractivity contribution >= 4 is 15.9 Å². The number of carbonyl (C=O) groups is 1. The molecule has 8 heteroatoms. The van der Waals surface area contributed by atoms with Crippen molar-refractivity contribution in [3.63, 3.8) is 0 Å². The lowest BCUT2D eigenvalue weighted by Crippen LogP contribution is -2.06. The number of hydrogen-bond acceptors (Lipinski definition) is 6. The maximum absolute atomic E-state index is 12.2. The van der Waals surface area contributed by atoms with Crippen LogP contribution in [0.2, 0.25) is 0 Å². The van der Waals surface area contributed by atoms with E-state index in [9.17, 15) is 28.5 Å². The Morgan fingerprint density at radius 2 is 1.48 bits per heavy atom. The fourth-order valence-corrected chi connectivity index (χ4v) is 2.35. The molecule has 0 bridgehead atoms. The summed E-state index contributed by atoms with van der Waals surface area (Å²) in [6, 6.07) is 8.17. The average molecular weight is 310 g/mol. The standard InChI is InChI=1S/C13H10O7S/c14-10(7-4-2-1-3-5-7)8-6-9(21(18,19)20)12(16)13(17)11(8)15/h1-6,15-17H,(H,18,19,20). The van der Waals surface area contributed by atoms with Crippen LogP contribution in [0.1, 0.15) is 15.9 Å². The maximum Gasteiger partial charge on any atom is 0.298 e. The highest BCUT2D eigenvalue weighted by Gasteiger charge is 2.27. The minimum atomic E-state index is -4.88. The number of phenolic OH excluding ortho intramolecular Hbond substituents is 3. The van der Waals surface area contributed by atoms with Crippen molar-refractivity contribution in [2.24, 2.45) is 0 Å². The third-order valence-corrected chi connectivity index (χ3v) is 3.64. The fraction of sp³-hybridized carbons (Fsp3) is 0. The zero-order valence-corrected chi connectivity index (χ0v) is 11.2. The molecule has 0 spiro atoms. The molecule has 21 heavy (non-hydrogen) atoms. The predicted octanol–water partition coefficient (Wildman–Crippen LogP) is 1.28. The van der Waals surface area contributed by atoms with Gasteiger partial charge in [-0.15, -0.1) is 0 Å². The summed E-state index contributed by atoms with van der Waals surface area (Å²) in [5.41, 5.74) is -0.441. The number of benzene rings is 2. The van der Waals surface area contributed by atoms with Gasteiger partial charge in [0.05, 0.1) is 5.56 Å². The average Bonchev–Trinajstić information content (AvgIpc) is 2.44. The van der Waals surface area contributed by atoms with Crippen molar-refractivity contribution in [3.8, 4) is 17.2 Å². The zero-order chi connectivity index (χ0) is 15.8. The van der Waals surface area contributed by atoms with Gasteiger partial charge in [-0.05, 0) is 6.07 Å². The molecule has 0 aromatic heterocycles. The molecule has 0 aliphatic carbocycles. The Morgan fingerprint density at radius 3 is 2.00 bits per heavy atom. The van der Waals surface area contributed by atoms with Gasteiger partial charge in [-0.25, -0.2) is 0 Å². The molecule has 0 amide bonds. The van der Waals surface area contributed by atoms with Gasteiger partial charge in [-0.3, -0.25) is 9.35 Å². The van der Waals surface area contributed by atoms with Crippen molar-refractivity contribution in [2.45, 2.75) is 4.90 Å². The van der Waals surface area contributed by atoms with Gasteiger partial charge >= 0.3 is 0 Å². The van der Waals surface area contributed by atoms with Crippen LogP contribution in [0.4, 0.5) is 0 Å². The Hall–Kier alpha value is -2.58. The molecule has 0 saturated heterocycles. The summed E-state index contributed by atoms with van der Waals surface area (Å²) in [5, 5.41) is 28.6. The molecule has 4 N–H and O–H groups in total. The molecule has 2 aromatic carbocycles. The lowest BCUT2D eigenvalue weighted by molar-refractivity contribution is 0.103. The SMILES string of the molecule is O=C(c1ccccc1)c1cc(S(=O)(=O)O)c(O)c(O)c1O. The van der Waals surface area contributed by atoms with Gasteiger partial charge in [-0.2, -0.15) is 8.42 Å². The molecule has 0 saturated carbocycles. The second kappa shape index (κ2) is 5.08. The highest BCUT2D eigenvalue weighted by atomic mass is 32.2. The van der Waals surface area contributed by atoms with E-state index in [1.54, 1.807) is 18.2 Å². The summed E-state index contributed by atoms with van der Waals surface area (Å²) in [6.45, 7) is 0. The van der Waals surface area contributed by atoms with E-state index in [1.165, 1.54) is 12.1 Å². The van der Waals surface area contributed by atoms with Crippen LogP contribution < -0.4 is 0 Å². The zero-order valence-electron chi connectivity index (χ0n) is 10.4. The first-order chi connectivity index (χ1) is 9.73. The number of phenols is 3. The Balaban J connectivity index is 2.71. The summed E-state index contributed by atoms with van der Waals surface area (Å²) in [6.07, 6.45) is 0. The first-order valence-electron chi connectivity index (χ1n) is 5.58. The molecule has 0 fully saturated rings. The second-order valence-electron chi connectivity index (χ2n) is 4.14. The Bertz CT molecular complexity index is 810. The van der Waals surface area contributed by atoms with Gasteiger partial charge in [0, 0.05) is 5.56 Å². The highest BCUT2D eigenvalue weighted by molar-refractivity contribution is 7.86. The normalized spacial score (nSPS) is 11.3. The van der Waals surface area contributed by atoms with Crippen molar-refractivity contribution in [3.05, 3.63) is 47.5 Å². The van der Waals surface area contributed by atoms with Crippen molar-refractivity contribution < 1.29 is 33.1 Å². The first kappa shape index (κ1) is 14.8. The molecule has 110 valence electrons. The van der Waals surface area contributed by atoms with E-state index in [4.69, 9.17) is 4.55 Å². The van der Waals surface area contributed by atoms with E-state index < -0.39 is 43.6 Å². The molecule has 0 unspecified atom stereocenters. The fourth-order valence-electron chi connectivity index (χ4n) is 1.74. The van der Waals surface area contributed by atoms with Crippen LogP contribution in [0, 0.1) is 0 Å². The maximum atomic E-state index is 12.2. The molecular formula is C13H10O7S. The monoisotopic (exact) mass is 310 g/mol. The van der Waals surface area contributed by atoms with Gasteiger partial charge in [0.25, 0.3) is 10.1 Å². The third-order valence-electron chi connectivity index (χ3n) is 2.77.